The Labute approximate surface area is 175 Å². The van der Waals surface area contributed by atoms with Crippen molar-refractivity contribution in [2.75, 3.05) is 13.2 Å². The maximum absolute atomic E-state index is 12.5. The number of nitrogens with zero attached hydrogens (tertiary/aromatic N) is 1. The van der Waals surface area contributed by atoms with Gasteiger partial charge in [-0.2, -0.15) is 0 Å². The average Bonchev–Trinajstić information content (AvgIpc) is 3.36. The van der Waals surface area contributed by atoms with Gasteiger partial charge in [-0.15, -0.1) is 0 Å². The number of benzene rings is 1. The van der Waals surface area contributed by atoms with Crippen LogP contribution >= 0.6 is 0 Å². The lowest BCUT2D eigenvalue weighted by molar-refractivity contribution is -0.129. The van der Waals surface area contributed by atoms with Crippen LogP contribution in [0.5, 0.6) is 5.75 Å². The summed E-state index contributed by atoms with van der Waals surface area (Å²) in [7, 11) is 0. The molecular formula is C22H27N3O5. The Kier molecular flexibility index (Phi) is 7.11. The fourth-order valence-corrected chi connectivity index (χ4v) is 3.16. The van der Waals surface area contributed by atoms with Crippen LogP contribution in [-0.4, -0.2) is 35.8 Å². The zero-order valence-electron chi connectivity index (χ0n) is 17.2. The van der Waals surface area contributed by atoms with Crippen molar-refractivity contribution < 1.29 is 23.5 Å². The van der Waals surface area contributed by atoms with E-state index >= 15 is 0 Å². The van der Waals surface area contributed by atoms with E-state index in [4.69, 9.17) is 9.15 Å². The molecule has 1 fully saturated rings. The van der Waals surface area contributed by atoms with Gasteiger partial charge in [0.25, 0.3) is 5.91 Å². The maximum Gasteiger partial charge on any atom is 0.273 e. The molecule has 1 saturated heterocycles. The lowest BCUT2D eigenvalue weighted by Gasteiger charge is -2.16. The van der Waals surface area contributed by atoms with Crippen LogP contribution in [-0.2, 0) is 16.1 Å². The SMILES string of the molecule is CC(C)CCOc1ccccc1C(=O)NNC(=O)C1CC(=O)N(Cc2ccco2)C1. The van der Waals surface area contributed by atoms with E-state index in [2.05, 4.69) is 24.7 Å². The topological polar surface area (TPSA) is 101 Å². The first-order valence-corrected chi connectivity index (χ1v) is 10.1. The van der Waals surface area contributed by atoms with E-state index in [-0.39, 0.29) is 18.9 Å². The molecule has 2 aromatic rings. The van der Waals surface area contributed by atoms with Gasteiger partial charge in [-0.3, -0.25) is 25.2 Å². The molecule has 1 atom stereocenters. The van der Waals surface area contributed by atoms with Crippen molar-refractivity contribution in [3.63, 3.8) is 0 Å². The average molecular weight is 413 g/mol. The first kappa shape index (κ1) is 21.4. The Morgan fingerprint density at radius 2 is 2.00 bits per heavy atom. The summed E-state index contributed by atoms with van der Waals surface area (Å²) in [6.45, 7) is 5.30. The molecular weight excluding hydrogens is 386 g/mol. The van der Waals surface area contributed by atoms with Crippen LogP contribution < -0.4 is 15.6 Å². The van der Waals surface area contributed by atoms with Crippen LogP contribution in [0.3, 0.4) is 0 Å². The van der Waals surface area contributed by atoms with Crippen LogP contribution in [0.15, 0.2) is 47.1 Å². The number of hydrazine groups is 1. The molecule has 0 saturated carbocycles. The van der Waals surface area contributed by atoms with E-state index in [1.165, 1.54) is 0 Å². The Balaban J connectivity index is 1.51. The van der Waals surface area contributed by atoms with Gasteiger partial charge in [0, 0.05) is 13.0 Å². The largest absolute Gasteiger partial charge is 0.493 e. The monoisotopic (exact) mass is 413 g/mol. The smallest absolute Gasteiger partial charge is 0.273 e. The van der Waals surface area contributed by atoms with E-state index in [1.54, 1.807) is 47.6 Å². The van der Waals surface area contributed by atoms with E-state index in [1.807, 2.05) is 0 Å². The highest BCUT2D eigenvalue weighted by atomic mass is 16.5. The number of rotatable bonds is 8. The minimum Gasteiger partial charge on any atom is -0.493 e. The van der Waals surface area contributed by atoms with Crippen molar-refractivity contribution in [1.29, 1.82) is 0 Å². The molecule has 8 heteroatoms. The maximum atomic E-state index is 12.5. The highest BCUT2D eigenvalue weighted by Gasteiger charge is 2.34. The molecule has 2 N–H and O–H groups in total. The number of furan rings is 1. The Morgan fingerprint density at radius 3 is 2.73 bits per heavy atom. The number of hydrogen-bond donors (Lipinski definition) is 2. The normalized spacial score (nSPS) is 16.0. The summed E-state index contributed by atoms with van der Waals surface area (Å²) >= 11 is 0. The summed E-state index contributed by atoms with van der Waals surface area (Å²) < 4.78 is 11.0. The first-order valence-electron chi connectivity index (χ1n) is 10.1. The lowest BCUT2D eigenvalue weighted by atomic mass is 10.1. The summed E-state index contributed by atoms with van der Waals surface area (Å²) in [5.41, 5.74) is 5.19. The number of carbonyl (C=O) groups excluding carboxylic acids is 3. The molecule has 0 bridgehead atoms. The predicted octanol–water partition coefficient (Wildman–Crippen LogP) is 2.51. The van der Waals surface area contributed by atoms with Gasteiger partial charge in [0.15, 0.2) is 0 Å². The van der Waals surface area contributed by atoms with Crippen molar-refractivity contribution >= 4 is 17.7 Å². The summed E-state index contributed by atoms with van der Waals surface area (Å²) in [4.78, 5) is 38.7. The number of nitrogens with one attached hydrogen (secondary N) is 2. The van der Waals surface area contributed by atoms with Gasteiger partial charge in [0.1, 0.15) is 11.5 Å². The highest BCUT2D eigenvalue weighted by Crippen LogP contribution is 2.21. The van der Waals surface area contributed by atoms with Crippen molar-refractivity contribution in [3.05, 3.63) is 54.0 Å². The molecule has 0 spiro atoms. The van der Waals surface area contributed by atoms with Crippen LogP contribution in [0, 0.1) is 11.8 Å². The highest BCUT2D eigenvalue weighted by molar-refractivity contribution is 5.98. The van der Waals surface area contributed by atoms with E-state index in [0.29, 0.717) is 36.1 Å². The molecule has 30 heavy (non-hydrogen) atoms. The third kappa shape index (κ3) is 5.62. The molecule has 160 valence electrons. The molecule has 1 aliphatic rings. The lowest BCUT2D eigenvalue weighted by Crippen LogP contribution is -2.45. The summed E-state index contributed by atoms with van der Waals surface area (Å²) in [5, 5.41) is 0. The summed E-state index contributed by atoms with van der Waals surface area (Å²) in [5.74, 6) is 0.0771. The van der Waals surface area contributed by atoms with Gasteiger partial charge in [-0.1, -0.05) is 26.0 Å². The molecule has 1 aromatic carbocycles. The van der Waals surface area contributed by atoms with Gasteiger partial charge in [-0.25, -0.2) is 0 Å². The number of ether oxygens (including phenoxy) is 1. The third-order valence-corrected chi connectivity index (χ3v) is 4.90. The molecule has 1 aromatic heterocycles. The van der Waals surface area contributed by atoms with Crippen molar-refractivity contribution in [2.24, 2.45) is 11.8 Å². The fraction of sp³-hybridized carbons (Fsp3) is 0.409. The van der Waals surface area contributed by atoms with Crippen molar-refractivity contribution in [1.82, 2.24) is 15.8 Å². The molecule has 3 rings (SSSR count). The van der Waals surface area contributed by atoms with Crippen LogP contribution in [0.4, 0.5) is 0 Å². The van der Waals surface area contributed by atoms with Crippen molar-refractivity contribution in [2.45, 2.75) is 33.2 Å². The van der Waals surface area contributed by atoms with Gasteiger partial charge < -0.3 is 14.1 Å². The van der Waals surface area contributed by atoms with E-state index < -0.39 is 17.7 Å². The number of likely N-dealkylation sites (tertiary alicyclic amines) is 1. The van der Waals surface area contributed by atoms with E-state index in [0.717, 1.165) is 6.42 Å². The quantitative estimate of drug-likeness (QED) is 0.648. The standard InChI is InChI=1S/C22H27N3O5/c1-15(2)9-11-30-19-8-4-3-7-18(19)22(28)24-23-21(27)16-12-20(26)25(13-16)14-17-6-5-10-29-17/h3-8,10,15-16H,9,11-14H2,1-2H3,(H,23,27)(H,24,28). The van der Waals surface area contributed by atoms with Crippen LogP contribution in [0.25, 0.3) is 0 Å². The van der Waals surface area contributed by atoms with Crippen LogP contribution in [0.1, 0.15) is 42.8 Å². The van der Waals surface area contributed by atoms with Crippen molar-refractivity contribution in [3.8, 4) is 5.75 Å². The van der Waals surface area contributed by atoms with Gasteiger partial charge in [0.2, 0.25) is 11.8 Å². The number of hydrogen-bond acceptors (Lipinski definition) is 5. The number of para-hydroxylation sites is 1. The van der Waals surface area contributed by atoms with E-state index in [9.17, 15) is 14.4 Å². The number of carbonyl (C=O) groups is 3. The fourth-order valence-electron chi connectivity index (χ4n) is 3.16. The second-order valence-electron chi connectivity index (χ2n) is 7.73. The Bertz CT molecular complexity index is 879. The molecule has 0 radical (unpaired) electrons. The summed E-state index contributed by atoms with van der Waals surface area (Å²) in [6, 6.07) is 10.4. The molecule has 2 heterocycles. The van der Waals surface area contributed by atoms with Gasteiger partial charge >= 0.3 is 0 Å². The summed E-state index contributed by atoms with van der Waals surface area (Å²) in [6.07, 6.45) is 2.51. The minimum absolute atomic E-state index is 0.0946. The predicted molar refractivity (Wildman–Crippen MR) is 109 cm³/mol. The van der Waals surface area contributed by atoms with Crippen LogP contribution in [0.2, 0.25) is 0 Å². The first-order chi connectivity index (χ1) is 14.4. The zero-order valence-corrected chi connectivity index (χ0v) is 17.2. The third-order valence-electron chi connectivity index (χ3n) is 4.90. The number of amides is 3. The Hall–Kier alpha value is -3.29. The zero-order chi connectivity index (χ0) is 21.5. The molecule has 1 aliphatic heterocycles. The Morgan fingerprint density at radius 1 is 1.20 bits per heavy atom. The molecule has 3 amide bonds. The minimum atomic E-state index is -0.537. The molecule has 0 aliphatic carbocycles. The second kappa shape index (κ2) is 9.96. The second-order valence-corrected chi connectivity index (χ2v) is 7.73. The van der Waals surface area contributed by atoms with Gasteiger partial charge in [-0.05, 0) is 36.6 Å². The van der Waals surface area contributed by atoms with Gasteiger partial charge in [0.05, 0.1) is 30.9 Å². The molecule has 1 unspecified atom stereocenters. The molecule has 8 nitrogen and oxygen atoms in total.